The standard InChI is InChI=1S/C10H20N2O2.Li/c1-9(2,3)11-7(8(13)14)12-10(4,5)6;/h1-6H3,(H,11,12)(H,13,14);/q;+1/p-1. The first kappa shape index (κ1) is 16.9. The first-order chi connectivity index (χ1) is 6.01. The zero-order valence-electron chi connectivity index (χ0n) is 10.8. The molecule has 0 atom stereocenters. The van der Waals surface area contributed by atoms with Gasteiger partial charge in [0.05, 0.1) is 5.54 Å². The van der Waals surface area contributed by atoms with Gasteiger partial charge in [0.15, 0.2) is 0 Å². The molecule has 0 fully saturated rings. The van der Waals surface area contributed by atoms with Crippen LogP contribution in [0.15, 0.2) is 4.99 Å². The van der Waals surface area contributed by atoms with E-state index < -0.39 is 11.5 Å². The molecule has 0 aliphatic heterocycles. The van der Waals surface area contributed by atoms with Crippen molar-refractivity contribution in [3.63, 3.8) is 0 Å². The Morgan fingerprint density at radius 1 is 1.13 bits per heavy atom. The predicted molar refractivity (Wildman–Crippen MR) is 55.1 cm³/mol. The minimum atomic E-state index is -1.27. The van der Waals surface area contributed by atoms with Gasteiger partial charge >= 0.3 is 18.9 Å². The molecule has 0 saturated carbocycles. The average molecular weight is 206 g/mol. The molecule has 0 spiro atoms. The third kappa shape index (κ3) is 9.83. The maximum atomic E-state index is 10.8. The third-order valence-electron chi connectivity index (χ3n) is 1.13. The van der Waals surface area contributed by atoms with Gasteiger partial charge in [-0.3, -0.25) is 4.99 Å². The van der Waals surface area contributed by atoms with Gasteiger partial charge in [0.1, 0.15) is 11.8 Å². The molecule has 0 unspecified atom stereocenters. The summed E-state index contributed by atoms with van der Waals surface area (Å²) in [5.41, 5.74) is -0.752. The van der Waals surface area contributed by atoms with Gasteiger partial charge in [0.25, 0.3) is 0 Å². The smallest absolute Gasteiger partial charge is 0.542 e. The normalized spacial score (nSPS) is 13.1. The molecule has 0 rings (SSSR count). The van der Waals surface area contributed by atoms with Crippen LogP contribution in [0.1, 0.15) is 41.5 Å². The first-order valence-corrected chi connectivity index (χ1v) is 4.61. The zero-order valence-corrected chi connectivity index (χ0v) is 10.8. The number of nitrogens with zero attached hydrogens (tertiary/aromatic N) is 1. The van der Waals surface area contributed by atoms with Crippen molar-refractivity contribution in [2.45, 2.75) is 52.6 Å². The van der Waals surface area contributed by atoms with Crippen LogP contribution in [0.3, 0.4) is 0 Å². The van der Waals surface area contributed by atoms with E-state index in [0.29, 0.717) is 0 Å². The Kier molecular flexibility index (Phi) is 6.30. The van der Waals surface area contributed by atoms with Crippen molar-refractivity contribution in [1.29, 1.82) is 0 Å². The Bertz CT molecular complexity index is 249. The van der Waals surface area contributed by atoms with Crippen LogP contribution in [-0.4, -0.2) is 22.9 Å². The van der Waals surface area contributed by atoms with E-state index in [-0.39, 0.29) is 30.2 Å². The van der Waals surface area contributed by atoms with E-state index in [1.807, 2.05) is 41.5 Å². The Balaban J connectivity index is 0. The summed E-state index contributed by atoms with van der Waals surface area (Å²) in [5, 5.41) is 13.6. The van der Waals surface area contributed by atoms with Crippen LogP contribution in [0.2, 0.25) is 0 Å². The number of nitrogens with one attached hydrogen (secondary N) is 1. The van der Waals surface area contributed by atoms with E-state index in [0.717, 1.165) is 0 Å². The Labute approximate surface area is 104 Å². The molecule has 0 aromatic heterocycles. The average Bonchev–Trinajstić information content (AvgIpc) is 1.78. The van der Waals surface area contributed by atoms with Crippen LogP contribution >= 0.6 is 0 Å². The van der Waals surface area contributed by atoms with Crippen molar-refractivity contribution in [2.75, 3.05) is 0 Å². The van der Waals surface area contributed by atoms with Crippen LogP contribution in [0.25, 0.3) is 0 Å². The van der Waals surface area contributed by atoms with Crippen LogP contribution in [-0.2, 0) is 4.79 Å². The molecule has 1 N–H and O–H groups in total. The fraction of sp³-hybridized carbons (Fsp3) is 0.800. The third-order valence-corrected chi connectivity index (χ3v) is 1.13. The van der Waals surface area contributed by atoms with Crippen LogP contribution in [0.5, 0.6) is 0 Å². The number of carbonyl (C=O) groups is 1. The monoisotopic (exact) mass is 206 g/mol. The number of rotatable bonds is 0. The van der Waals surface area contributed by atoms with Crippen molar-refractivity contribution in [3.8, 4) is 0 Å². The molecule has 0 saturated heterocycles. The molecule has 0 heterocycles. The quantitative estimate of drug-likeness (QED) is 0.267. The molecular weight excluding hydrogens is 187 g/mol. The molecule has 15 heavy (non-hydrogen) atoms. The second-order valence-corrected chi connectivity index (χ2v) is 5.29. The van der Waals surface area contributed by atoms with Crippen molar-refractivity contribution >= 4 is 11.8 Å². The molecule has 0 aliphatic rings. The number of carbonyl (C=O) groups excluding carboxylic acids is 1. The number of carboxylic acid groups (broad SMARTS) is 1. The largest absolute Gasteiger partial charge is 1.00 e. The summed E-state index contributed by atoms with van der Waals surface area (Å²) in [4.78, 5) is 14.8. The van der Waals surface area contributed by atoms with Gasteiger partial charge in [0.2, 0.25) is 0 Å². The van der Waals surface area contributed by atoms with E-state index in [2.05, 4.69) is 10.3 Å². The van der Waals surface area contributed by atoms with Crippen molar-refractivity contribution < 1.29 is 28.8 Å². The minimum Gasteiger partial charge on any atom is -0.542 e. The van der Waals surface area contributed by atoms with Gasteiger partial charge in [-0.25, -0.2) is 0 Å². The summed E-state index contributed by atoms with van der Waals surface area (Å²) < 4.78 is 0. The van der Waals surface area contributed by atoms with Gasteiger partial charge in [-0.15, -0.1) is 0 Å². The first-order valence-electron chi connectivity index (χ1n) is 4.61. The molecule has 5 heteroatoms. The fourth-order valence-corrected chi connectivity index (χ4v) is 0.815. The van der Waals surface area contributed by atoms with Crippen LogP contribution in [0.4, 0.5) is 0 Å². The Hall–Kier alpha value is -0.463. The van der Waals surface area contributed by atoms with Gasteiger partial charge in [-0.2, -0.15) is 0 Å². The maximum Gasteiger partial charge on any atom is 1.00 e. The summed E-state index contributed by atoms with van der Waals surface area (Å²) in [6, 6.07) is 0. The van der Waals surface area contributed by atoms with Crippen LogP contribution in [0, 0.1) is 0 Å². The SMILES string of the molecule is CC(C)(C)N=C(NC(C)(C)C)C(=O)[O-].[Li+]. The fourth-order valence-electron chi connectivity index (χ4n) is 0.815. The van der Waals surface area contributed by atoms with Crippen LogP contribution < -0.4 is 29.3 Å². The van der Waals surface area contributed by atoms with Gasteiger partial charge in [0, 0.05) is 5.54 Å². The summed E-state index contributed by atoms with van der Waals surface area (Å²) >= 11 is 0. The second kappa shape index (κ2) is 5.57. The molecular formula is C10H19LiN2O2. The molecule has 0 bridgehead atoms. The Morgan fingerprint density at radius 2 is 1.53 bits per heavy atom. The van der Waals surface area contributed by atoms with E-state index in [1.165, 1.54) is 0 Å². The number of amidine groups is 1. The van der Waals surface area contributed by atoms with Crippen molar-refractivity contribution in [1.82, 2.24) is 5.32 Å². The molecule has 0 amide bonds. The van der Waals surface area contributed by atoms with Crippen molar-refractivity contribution in [2.24, 2.45) is 4.99 Å². The topological polar surface area (TPSA) is 64.5 Å². The number of hydrogen-bond acceptors (Lipinski definition) is 3. The zero-order chi connectivity index (χ0) is 11.6. The molecule has 0 aromatic carbocycles. The second-order valence-electron chi connectivity index (χ2n) is 5.29. The molecule has 0 aliphatic carbocycles. The number of hydrogen-bond donors (Lipinski definition) is 1. The predicted octanol–water partition coefficient (Wildman–Crippen LogP) is -2.67. The molecule has 0 aromatic rings. The molecule has 4 nitrogen and oxygen atoms in total. The van der Waals surface area contributed by atoms with E-state index in [9.17, 15) is 9.90 Å². The molecule has 0 radical (unpaired) electrons. The molecule has 82 valence electrons. The summed E-state index contributed by atoms with van der Waals surface area (Å²) in [5.74, 6) is -1.36. The number of aliphatic imine (C=N–C) groups is 1. The van der Waals surface area contributed by atoms with Crippen molar-refractivity contribution in [3.05, 3.63) is 0 Å². The maximum absolute atomic E-state index is 10.8. The van der Waals surface area contributed by atoms with Gasteiger partial charge in [-0.05, 0) is 41.5 Å². The van der Waals surface area contributed by atoms with Gasteiger partial charge in [-0.1, -0.05) is 0 Å². The number of aliphatic carboxylic acids is 1. The minimum absolute atomic E-state index is 0. The van der Waals surface area contributed by atoms with E-state index >= 15 is 0 Å². The van der Waals surface area contributed by atoms with E-state index in [4.69, 9.17) is 0 Å². The summed E-state index contributed by atoms with van der Waals surface area (Å²) in [7, 11) is 0. The Morgan fingerprint density at radius 3 is 1.73 bits per heavy atom. The van der Waals surface area contributed by atoms with Gasteiger partial charge < -0.3 is 15.2 Å². The number of carboxylic acids is 1. The summed E-state index contributed by atoms with van der Waals surface area (Å²) in [6.07, 6.45) is 0. The summed E-state index contributed by atoms with van der Waals surface area (Å²) in [6.45, 7) is 11.1. The van der Waals surface area contributed by atoms with E-state index in [1.54, 1.807) is 0 Å².